The molecule has 2 heteroatoms. The van der Waals surface area contributed by atoms with Crippen LogP contribution in [0, 0.1) is 11.3 Å². The molecule has 2 fully saturated rings. The lowest BCUT2D eigenvalue weighted by molar-refractivity contribution is 0.0911. The zero-order valence-electron chi connectivity index (χ0n) is 13.4. The molecule has 0 aromatic rings. The van der Waals surface area contributed by atoms with Crippen LogP contribution in [-0.2, 0) is 0 Å². The van der Waals surface area contributed by atoms with Crippen LogP contribution < -0.4 is 5.32 Å². The van der Waals surface area contributed by atoms with Gasteiger partial charge in [0.25, 0.3) is 0 Å². The lowest BCUT2D eigenvalue weighted by atomic mass is 9.73. The van der Waals surface area contributed by atoms with Gasteiger partial charge in [-0.3, -0.25) is 0 Å². The number of hydrogen-bond acceptors (Lipinski definition) is 2. The maximum atomic E-state index is 3.71. The highest BCUT2D eigenvalue weighted by atomic mass is 15.1. The van der Waals surface area contributed by atoms with Gasteiger partial charge in [-0.15, -0.1) is 0 Å². The normalized spacial score (nSPS) is 24.6. The van der Waals surface area contributed by atoms with Crippen LogP contribution in [0.15, 0.2) is 0 Å². The SMILES string of the molecule is CCCNCC1(CN(C)C(C)C2CC2)CCCCC1. The number of nitrogens with one attached hydrogen (secondary N) is 1. The van der Waals surface area contributed by atoms with E-state index in [4.69, 9.17) is 0 Å². The Balaban J connectivity index is 1.87. The highest BCUT2D eigenvalue weighted by Gasteiger charge is 2.37. The second kappa shape index (κ2) is 7.08. The molecule has 0 saturated heterocycles. The van der Waals surface area contributed by atoms with E-state index in [1.54, 1.807) is 0 Å². The Morgan fingerprint density at radius 2 is 1.89 bits per heavy atom. The minimum atomic E-state index is 0.561. The van der Waals surface area contributed by atoms with Gasteiger partial charge in [-0.05, 0) is 64.0 Å². The molecular formula is C17H34N2. The Hall–Kier alpha value is -0.0800. The predicted molar refractivity (Wildman–Crippen MR) is 83.5 cm³/mol. The van der Waals surface area contributed by atoms with Gasteiger partial charge in [-0.1, -0.05) is 26.2 Å². The Morgan fingerprint density at radius 3 is 2.47 bits per heavy atom. The zero-order chi connectivity index (χ0) is 13.7. The van der Waals surface area contributed by atoms with Crippen LogP contribution in [0.3, 0.4) is 0 Å². The molecule has 0 heterocycles. The Bertz CT molecular complexity index is 254. The van der Waals surface area contributed by atoms with E-state index >= 15 is 0 Å². The van der Waals surface area contributed by atoms with Gasteiger partial charge >= 0.3 is 0 Å². The average molecular weight is 266 g/mol. The Kier molecular flexibility index (Phi) is 5.70. The summed E-state index contributed by atoms with van der Waals surface area (Å²) in [6, 6.07) is 0.796. The first-order valence-electron chi connectivity index (χ1n) is 8.58. The standard InChI is InChI=1S/C17H34N2/c1-4-12-18-13-17(10-6-5-7-11-17)14-19(3)15(2)16-8-9-16/h15-16,18H,4-14H2,1-3H3. The summed E-state index contributed by atoms with van der Waals surface area (Å²) in [6.45, 7) is 8.43. The van der Waals surface area contributed by atoms with Crippen molar-refractivity contribution in [2.24, 2.45) is 11.3 Å². The van der Waals surface area contributed by atoms with Crippen molar-refractivity contribution in [1.82, 2.24) is 10.2 Å². The van der Waals surface area contributed by atoms with Crippen LogP contribution in [0.5, 0.6) is 0 Å². The molecule has 0 spiro atoms. The van der Waals surface area contributed by atoms with E-state index in [9.17, 15) is 0 Å². The molecule has 1 unspecified atom stereocenters. The third kappa shape index (κ3) is 4.46. The first-order valence-corrected chi connectivity index (χ1v) is 8.58. The molecule has 0 bridgehead atoms. The van der Waals surface area contributed by atoms with Crippen LogP contribution in [0.4, 0.5) is 0 Å². The maximum Gasteiger partial charge on any atom is 0.00923 e. The predicted octanol–water partition coefficient (Wildman–Crippen LogP) is 3.67. The van der Waals surface area contributed by atoms with Crippen LogP contribution in [0.25, 0.3) is 0 Å². The van der Waals surface area contributed by atoms with E-state index in [-0.39, 0.29) is 0 Å². The molecular weight excluding hydrogens is 232 g/mol. The van der Waals surface area contributed by atoms with E-state index in [1.165, 1.54) is 71.0 Å². The van der Waals surface area contributed by atoms with Gasteiger partial charge in [0.15, 0.2) is 0 Å². The average Bonchev–Trinajstić information content (AvgIpc) is 3.23. The first kappa shape index (κ1) is 15.3. The van der Waals surface area contributed by atoms with Crippen molar-refractivity contribution in [1.29, 1.82) is 0 Å². The lowest BCUT2D eigenvalue weighted by Gasteiger charge is -2.42. The molecule has 2 saturated carbocycles. The quantitative estimate of drug-likeness (QED) is 0.674. The van der Waals surface area contributed by atoms with Crippen molar-refractivity contribution in [3.05, 3.63) is 0 Å². The van der Waals surface area contributed by atoms with Gasteiger partial charge in [-0.2, -0.15) is 0 Å². The van der Waals surface area contributed by atoms with Crippen molar-refractivity contribution >= 4 is 0 Å². The minimum absolute atomic E-state index is 0.561. The van der Waals surface area contributed by atoms with Crippen LogP contribution >= 0.6 is 0 Å². The Morgan fingerprint density at radius 1 is 1.21 bits per heavy atom. The fourth-order valence-corrected chi connectivity index (χ4v) is 3.83. The number of hydrogen-bond donors (Lipinski definition) is 1. The fourth-order valence-electron chi connectivity index (χ4n) is 3.83. The van der Waals surface area contributed by atoms with Crippen molar-refractivity contribution in [3.8, 4) is 0 Å². The topological polar surface area (TPSA) is 15.3 Å². The molecule has 2 aliphatic carbocycles. The molecule has 0 aliphatic heterocycles. The highest BCUT2D eigenvalue weighted by Crippen LogP contribution is 2.39. The molecule has 0 radical (unpaired) electrons. The summed E-state index contributed by atoms with van der Waals surface area (Å²) in [6.07, 6.45) is 11.4. The van der Waals surface area contributed by atoms with Crippen molar-refractivity contribution in [3.63, 3.8) is 0 Å². The van der Waals surface area contributed by atoms with E-state index in [2.05, 4.69) is 31.1 Å². The molecule has 0 amide bonds. The largest absolute Gasteiger partial charge is 0.316 e. The van der Waals surface area contributed by atoms with Crippen molar-refractivity contribution in [2.45, 2.75) is 71.3 Å². The molecule has 2 rings (SSSR count). The highest BCUT2D eigenvalue weighted by molar-refractivity contribution is 4.91. The van der Waals surface area contributed by atoms with Gasteiger partial charge in [0.05, 0.1) is 0 Å². The number of rotatable bonds is 8. The summed E-state index contributed by atoms with van der Waals surface area (Å²) in [5, 5.41) is 3.71. The summed E-state index contributed by atoms with van der Waals surface area (Å²) in [5.41, 5.74) is 0.561. The van der Waals surface area contributed by atoms with Gasteiger partial charge in [0, 0.05) is 19.1 Å². The molecule has 2 nitrogen and oxygen atoms in total. The van der Waals surface area contributed by atoms with Crippen LogP contribution in [0.1, 0.15) is 65.2 Å². The van der Waals surface area contributed by atoms with Gasteiger partial charge in [0.1, 0.15) is 0 Å². The fraction of sp³-hybridized carbons (Fsp3) is 1.00. The first-order chi connectivity index (χ1) is 9.17. The van der Waals surface area contributed by atoms with E-state index < -0.39 is 0 Å². The summed E-state index contributed by atoms with van der Waals surface area (Å²) in [4.78, 5) is 2.66. The summed E-state index contributed by atoms with van der Waals surface area (Å²) in [7, 11) is 2.36. The second-order valence-electron chi connectivity index (χ2n) is 7.23. The molecule has 19 heavy (non-hydrogen) atoms. The molecule has 1 atom stereocenters. The summed E-state index contributed by atoms with van der Waals surface area (Å²) < 4.78 is 0. The molecule has 0 aromatic carbocycles. The second-order valence-corrected chi connectivity index (χ2v) is 7.23. The molecule has 112 valence electrons. The van der Waals surface area contributed by atoms with Gasteiger partial charge in [0.2, 0.25) is 0 Å². The van der Waals surface area contributed by atoms with Crippen LogP contribution in [0.2, 0.25) is 0 Å². The smallest absolute Gasteiger partial charge is 0.00923 e. The molecule has 1 N–H and O–H groups in total. The third-order valence-electron chi connectivity index (χ3n) is 5.43. The van der Waals surface area contributed by atoms with Gasteiger partial charge in [-0.25, -0.2) is 0 Å². The van der Waals surface area contributed by atoms with E-state index in [1.807, 2.05) is 0 Å². The summed E-state index contributed by atoms with van der Waals surface area (Å²) in [5.74, 6) is 0.995. The minimum Gasteiger partial charge on any atom is -0.316 e. The molecule has 2 aliphatic rings. The van der Waals surface area contributed by atoms with E-state index in [0.29, 0.717) is 5.41 Å². The van der Waals surface area contributed by atoms with Crippen molar-refractivity contribution in [2.75, 3.05) is 26.7 Å². The van der Waals surface area contributed by atoms with Crippen LogP contribution in [-0.4, -0.2) is 37.6 Å². The van der Waals surface area contributed by atoms with Crippen molar-refractivity contribution < 1.29 is 0 Å². The number of nitrogens with zero attached hydrogens (tertiary/aromatic N) is 1. The lowest BCUT2D eigenvalue weighted by Crippen LogP contribution is -2.47. The Labute approximate surface area is 120 Å². The zero-order valence-corrected chi connectivity index (χ0v) is 13.4. The third-order valence-corrected chi connectivity index (χ3v) is 5.43. The monoisotopic (exact) mass is 266 g/mol. The van der Waals surface area contributed by atoms with E-state index in [0.717, 1.165) is 12.0 Å². The summed E-state index contributed by atoms with van der Waals surface area (Å²) >= 11 is 0. The maximum absolute atomic E-state index is 3.71. The molecule has 0 aromatic heterocycles. The van der Waals surface area contributed by atoms with Gasteiger partial charge < -0.3 is 10.2 Å².